The molecule has 10 nitrogen and oxygen atoms in total. The molecule has 2 amide bonds. The summed E-state index contributed by atoms with van der Waals surface area (Å²) in [7, 11) is 3.88. The number of fused-ring (bicyclic) bond motifs is 3. The molecule has 0 bridgehead atoms. The second-order valence-electron chi connectivity index (χ2n) is 12.3. The van der Waals surface area contributed by atoms with Gasteiger partial charge in [-0.3, -0.25) is 14.6 Å². The third-order valence-corrected chi connectivity index (χ3v) is 10.6. The van der Waals surface area contributed by atoms with E-state index >= 15 is 0 Å². The van der Waals surface area contributed by atoms with E-state index in [1.807, 2.05) is 46.1 Å². The van der Waals surface area contributed by atoms with Crippen molar-refractivity contribution in [1.82, 2.24) is 29.5 Å². The average Bonchev–Trinajstić information content (AvgIpc) is 3.83. The fraction of sp³-hybridized carbons (Fsp3) is 0.441. The lowest BCUT2D eigenvalue weighted by Crippen LogP contribution is -2.48. The van der Waals surface area contributed by atoms with Gasteiger partial charge in [0.25, 0.3) is 5.91 Å². The van der Waals surface area contributed by atoms with Crippen molar-refractivity contribution in [2.24, 2.45) is 0 Å². The number of carbonyl (C=O) groups is 2. The van der Waals surface area contributed by atoms with Gasteiger partial charge >= 0.3 is 0 Å². The van der Waals surface area contributed by atoms with E-state index in [9.17, 15) is 9.59 Å². The molecule has 1 N–H and O–H groups in total. The molecule has 3 aliphatic rings. The van der Waals surface area contributed by atoms with Crippen LogP contribution in [0.4, 0.5) is 5.13 Å². The number of likely N-dealkylation sites (tertiary alicyclic amines) is 1. The van der Waals surface area contributed by atoms with Gasteiger partial charge in [0.1, 0.15) is 5.75 Å². The summed E-state index contributed by atoms with van der Waals surface area (Å²) >= 11 is 1.46. The molecule has 0 atom stereocenters. The number of methoxy groups -OCH3 is 1. The van der Waals surface area contributed by atoms with Gasteiger partial charge in [-0.1, -0.05) is 24.2 Å². The lowest BCUT2D eigenvalue weighted by atomic mass is 9.95. The van der Waals surface area contributed by atoms with E-state index in [2.05, 4.69) is 22.2 Å². The normalized spacial score (nSPS) is 16.9. The topological polar surface area (TPSA) is 105 Å². The molecule has 7 rings (SSSR count). The number of thiazole rings is 1. The number of anilines is 1. The van der Waals surface area contributed by atoms with E-state index in [1.165, 1.54) is 43.9 Å². The van der Waals surface area contributed by atoms with Crippen LogP contribution in [-0.4, -0.2) is 80.7 Å². The van der Waals surface area contributed by atoms with Crippen molar-refractivity contribution in [3.8, 4) is 33.3 Å². The number of rotatable bonds is 7. The van der Waals surface area contributed by atoms with Crippen LogP contribution in [0.2, 0.25) is 0 Å². The van der Waals surface area contributed by atoms with Gasteiger partial charge < -0.3 is 19.9 Å². The summed E-state index contributed by atoms with van der Waals surface area (Å²) in [6.45, 7) is 2.98. The van der Waals surface area contributed by atoms with Crippen molar-refractivity contribution < 1.29 is 14.3 Å². The zero-order chi connectivity index (χ0) is 31.1. The van der Waals surface area contributed by atoms with Crippen LogP contribution in [0.15, 0.2) is 42.7 Å². The first-order chi connectivity index (χ1) is 21.9. The Hall–Kier alpha value is -4.09. The Kier molecular flexibility index (Phi) is 8.14. The summed E-state index contributed by atoms with van der Waals surface area (Å²) in [6, 6.07) is 10.9. The van der Waals surface area contributed by atoms with Gasteiger partial charge in [0.05, 0.1) is 40.3 Å². The number of amides is 2. The largest absolute Gasteiger partial charge is 0.496 e. The van der Waals surface area contributed by atoms with Crippen molar-refractivity contribution in [2.45, 2.75) is 70.4 Å². The van der Waals surface area contributed by atoms with Crippen molar-refractivity contribution in [1.29, 1.82) is 0 Å². The highest BCUT2D eigenvalue weighted by atomic mass is 32.1. The third kappa shape index (κ3) is 5.63. The Bertz CT molecular complexity index is 1720. The summed E-state index contributed by atoms with van der Waals surface area (Å²) in [5, 5.41) is 8.53. The number of hydrogen-bond acceptors (Lipinski definition) is 8. The molecule has 4 aromatic rings. The molecule has 0 radical (unpaired) electrons. The fourth-order valence-corrected chi connectivity index (χ4v) is 8.36. The maximum atomic E-state index is 13.8. The zero-order valence-electron chi connectivity index (χ0n) is 26.1. The first-order valence-electron chi connectivity index (χ1n) is 15.9. The van der Waals surface area contributed by atoms with E-state index in [-0.39, 0.29) is 11.8 Å². The number of pyridine rings is 1. The summed E-state index contributed by atoms with van der Waals surface area (Å²) in [5.74, 6) is 0.374. The Morgan fingerprint density at radius 2 is 1.84 bits per heavy atom. The Morgan fingerprint density at radius 1 is 1.07 bits per heavy atom. The van der Waals surface area contributed by atoms with E-state index in [0.29, 0.717) is 28.5 Å². The number of nitrogens with zero attached hydrogens (tertiary/aromatic N) is 6. The van der Waals surface area contributed by atoms with Crippen molar-refractivity contribution >= 4 is 28.3 Å². The number of benzene rings is 1. The smallest absolute Gasteiger partial charge is 0.257 e. The Balaban J connectivity index is 1.20. The average molecular weight is 626 g/mol. The molecule has 2 aliphatic carbocycles. The predicted octanol–water partition coefficient (Wildman–Crippen LogP) is 5.60. The summed E-state index contributed by atoms with van der Waals surface area (Å²) in [6.07, 6.45) is 12.3. The lowest BCUT2D eigenvalue weighted by Gasteiger charge is -2.39. The van der Waals surface area contributed by atoms with Gasteiger partial charge in [0, 0.05) is 61.7 Å². The number of hydrogen-bond donors (Lipinski definition) is 1. The maximum Gasteiger partial charge on any atom is 0.257 e. The van der Waals surface area contributed by atoms with Gasteiger partial charge in [-0.05, 0) is 69.8 Å². The van der Waals surface area contributed by atoms with Gasteiger partial charge in [0.2, 0.25) is 5.91 Å². The van der Waals surface area contributed by atoms with Gasteiger partial charge in [-0.2, -0.15) is 5.10 Å². The maximum absolute atomic E-state index is 13.8. The minimum atomic E-state index is -0.152. The van der Waals surface area contributed by atoms with E-state index in [1.54, 1.807) is 13.3 Å². The SMILES string of the molecule is COc1cc(-n2nc(-c3cccnc3)c3c2-c2sc(NC(C)=O)nc2CC3)ccc1C(=O)N1CCC(N(C)C2CCCC2)CC1. The van der Waals surface area contributed by atoms with Crippen molar-refractivity contribution in [2.75, 3.05) is 32.6 Å². The van der Waals surface area contributed by atoms with Crippen LogP contribution in [0.3, 0.4) is 0 Å². The standard InChI is InChI=1S/C34H39N7O3S/c1-21(42)36-34-37-28-13-12-27-30(22-7-6-16-35-20-22)38-41(31(27)32(28)45-34)25-10-11-26(29(19-25)44-3)33(43)40-17-14-24(15-18-40)39(2)23-8-4-5-9-23/h6-7,10-11,16,19-20,23-24H,4-5,8-9,12-15,17-18H2,1-3H3,(H,36,37,42). The number of nitrogens with one attached hydrogen (secondary N) is 1. The molecule has 1 saturated heterocycles. The van der Waals surface area contributed by atoms with E-state index in [0.717, 1.165) is 77.5 Å². The molecule has 1 aromatic carbocycles. The zero-order valence-corrected chi connectivity index (χ0v) is 26.9. The van der Waals surface area contributed by atoms with Crippen LogP contribution in [0, 0.1) is 0 Å². The quantitative estimate of drug-likeness (QED) is 0.285. The number of aryl methyl sites for hydroxylation is 1. The monoisotopic (exact) mass is 625 g/mol. The first-order valence-corrected chi connectivity index (χ1v) is 16.7. The second-order valence-corrected chi connectivity index (χ2v) is 13.3. The minimum absolute atomic E-state index is 0.00334. The van der Waals surface area contributed by atoms with E-state index in [4.69, 9.17) is 14.8 Å². The minimum Gasteiger partial charge on any atom is -0.496 e. The Labute approximate surface area is 267 Å². The fourth-order valence-electron chi connectivity index (χ4n) is 7.24. The molecule has 1 aliphatic heterocycles. The van der Waals surface area contributed by atoms with Crippen LogP contribution < -0.4 is 10.1 Å². The summed E-state index contributed by atoms with van der Waals surface area (Å²) < 4.78 is 7.76. The number of aromatic nitrogens is 4. The number of carbonyl (C=O) groups excluding carboxylic acids is 2. The molecule has 0 unspecified atom stereocenters. The first kappa shape index (κ1) is 29.6. The second kappa shape index (κ2) is 12.4. The molecule has 234 valence electrons. The van der Waals surface area contributed by atoms with Crippen molar-refractivity contribution in [3.63, 3.8) is 0 Å². The van der Waals surface area contributed by atoms with Crippen LogP contribution in [0.25, 0.3) is 27.5 Å². The van der Waals surface area contributed by atoms with Crippen molar-refractivity contribution in [3.05, 3.63) is 59.5 Å². The Morgan fingerprint density at radius 3 is 2.56 bits per heavy atom. The molecule has 2 fully saturated rings. The number of ether oxygens (including phenoxy) is 1. The van der Waals surface area contributed by atoms with E-state index < -0.39 is 0 Å². The summed E-state index contributed by atoms with van der Waals surface area (Å²) in [4.78, 5) is 40.2. The third-order valence-electron chi connectivity index (χ3n) is 9.61. The van der Waals surface area contributed by atoms with Crippen LogP contribution in [-0.2, 0) is 17.6 Å². The summed E-state index contributed by atoms with van der Waals surface area (Å²) in [5.41, 5.74) is 6.14. The molecule has 3 aromatic heterocycles. The van der Waals surface area contributed by atoms with Gasteiger partial charge in [0.15, 0.2) is 5.13 Å². The van der Waals surface area contributed by atoms with Crippen LogP contribution >= 0.6 is 11.3 Å². The highest BCUT2D eigenvalue weighted by Gasteiger charge is 2.33. The molecule has 4 heterocycles. The molecular formula is C34H39N7O3S. The highest BCUT2D eigenvalue weighted by Crippen LogP contribution is 2.44. The number of piperidine rings is 1. The molecule has 11 heteroatoms. The predicted molar refractivity (Wildman–Crippen MR) is 175 cm³/mol. The van der Waals surface area contributed by atoms with Crippen LogP contribution in [0.5, 0.6) is 5.75 Å². The molecule has 1 saturated carbocycles. The molecule has 0 spiro atoms. The highest BCUT2D eigenvalue weighted by molar-refractivity contribution is 7.19. The van der Waals surface area contributed by atoms with Crippen LogP contribution in [0.1, 0.15) is 67.1 Å². The van der Waals surface area contributed by atoms with Gasteiger partial charge in [-0.15, -0.1) is 0 Å². The van der Waals surface area contributed by atoms with Gasteiger partial charge in [-0.25, -0.2) is 9.67 Å². The lowest BCUT2D eigenvalue weighted by molar-refractivity contribution is -0.114. The molecular weight excluding hydrogens is 586 g/mol. The molecule has 45 heavy (non-hydrogen) atoms.